The maximum Gasteiger partial charge on any atom is 0.267 e. The van der Waals surface area contributed by atoms with Crippen LogP contribution in [0.2, 0.25) is 0 Å². The van der Waals surface area contributed by atoms with Crippen molar-refractivity contribution in [3.05, 3.63) is 0 Å². The fourth-order valence-electron chi connectivity index (χ4n) is 1.01. The molecule has 0 spiro atoms. The summed E-state index contributed by atoms with van der Waals surface area (Å²) in [7, 11) is 0.140. The second kappa shape index (κ2) is 5.57. The maximum atomic E-state index is 10.6. The second-order valence-corrected chi connectivity index (χ2v) is 5.46. The van der Waals surface area contributed by atoms with E-state index >= 15 is 0 Å². The predicted molar refractivity (Wildman–Crippen MR) is 53.4 cm³/mol. The lowest BCUT2D eigenvalue weighted by Gasteiger charge is -2.10. The third-order valence-corrected chi connectivity index (χ3v) is 3.23. The molecule has 0 saturated carbocycles. The molecule has 4 nitrogen and oxygen atoms in total. The molecule has 0 aromatic carbocycles. The van der Waals surface area contributed by atoms with Gasteiger partial charge >= 0.3 is 0 Å². The minimum Gasteiger partial charge on any atom is -0.309 e. The standard InChI is InChI=1S/C8H19NO3S/c1-8(13(10,11)12)6-4-5-7-9(2)3/h8H,4-7H2,1-3H3,(H,10,11,12). The molecular formula is C8H19NO3S. The van der Waals surface area contributed by atoms with Crippen molar-refractivity contribution in [3.8, 4) is 0 Å². The zero-order valence-electron chi connectivity index (χ0n) is 8.52. The summed E-state index contributed by atoms with van der Waals surface area (Å²) in [6.07, 6.45) is 2.33. The zero-order valence-corrected chi connectivity index (χ0v) is 9.34. The summed E-state index contributed by atoms with van der Waals surface area (Å²) in [5.74, 6) is 0. The van der Waals surface area contributed by atoms with E-state index in [-0.39, 0.29) is 0 Å². The van der Waals surface area contributed by atoms with Crippen LogP contribution in [0.5, 0.6) is 0 Å². The number of nitrogens with zero attached hydrogens (tertiary/aromatic N) is 1. The van der Waals surface area contributed by atoms with Crippen molar-refractivity contribution in [1.82, 2.24) is 4.90 Å². The first kappa shape index (κ1) is 12.9. The summed E-state index contributed by atoms with van der Waals surface area (Å²) in [4.78, 5) is 2.05. The van der Waals surface area contributed by atoms with Gasteiger partial charge in [0.2, 0.25) is 0 Å². The van der Waals surface area contributed by atoms with Crippen LogP contribution in [0.15, 0.2) is 0 Å². The van der Waals surface area contributed by atoms with E-state index in [1.54, 1.807) is 0 Å². The van der Waals surface area contributed by atoms with Gasteiger partial charge in [-0.1, -0.05) is 6.42 Å². The van der Waals surface area contributed by atoms with Crippen molar-refractivity contribution in [1.29, 1.82) is 0 Å². The van der Waals surface area contributed by atoms with E-state index in [1.165, 1.54) is 6.92 Å². The van der Waals surface area contributed by atoms with Crippen LogP contribution in [0.1, 0.15) is 26.2 Å². The van der Waals surface area contributed by atoms with E-state index in [2.05, 4.69) is 4.90 Å². The molecule has 0 fully saturated rings. The molecule has 80 valence electrons. The Labute approximate surface area is 80.7 Å². The normalized spacial score (nSPS) is 14.8. The smallest absolute Gasteiger partial charge is 0.267 e. The first-order valence-electron chi connectivity index (χ1n) is 4.45. The molecule has 13 heavy (non-hydrogen) atoms. The van der Waals surface area contributed by atoms with Crippen LogP contribution in [0.25, 0.3) is 0 Å². The number of hydrogen-bond donors (Lipinski definition) is 1. The maximum absolute atomic E-state index is 10.6. The molecule has 1 unspecified atom stereocenters. The molecule has 0 aliphatic heterocycles. The van der Waals surface area contributed by atoms with Crippen LogP contribution >= 0.6 is 0 Å². The second-order valence-electron chi connectivity index (χ2n) is 3.62. The van der Waals surface area contributed by atoms with Crippen molar-refractivity contribution < 1.29 is 13.0 Å². The van der Waals surface area contributed by atoms with Crippen molar-refractivity contribution in [3.63, 3.8) is 0 Å². The van der Waals surface area contributed by atoms with E-state index in [0.29, 0.717) is 6.42 Å². The highest BCUT2D eigenvalue weighted by Crippen LogP contribution is 2.08. The molecule has 0 aliphatic rings. The summed E-state index contributed by atoms with van der Waals surface area (Å²) < 4.78 is 29.9. The Hall–Kier alpha value is -0.130. The highest BCUT2D eigenvalue weighted by molar-refractivity contribution is 7.86. The molecular weight excluding hydrogens is 190 g/mol. The Balaban J connectivity index is 3.55. The Morgan fingerprint density at radius 2 is 1.85 bits per heavy atom. The molecule has 5 heteroatoms. The predicted octanol–water partition coefficient (Wildman–Crippen LogP) is 0.995. The quantitative estimate of drug-likeness (QED) is 0.523. The molecule has 0 aromatic heterocycles. The Morgan fingerprint density at radius 3 is 2.23 bits per heavy atom. The Bertz CT molecular complexity index is 224. The number of unbranched alkanes of at least 4 members (excludes halogenated alkanes) is 1. The average molecular weight is 209 g/mol. The van der Waals surface area contributed by atoms with Crippen LogP contribution in [-0.4, -0.2) is 43.8 Å². The van der Waals surface area contributed by atoms with Crippen LogP contribution in [0, 0.1) is 0 Å². The van der Waals surface area contributed by atoms with Crippen LogP contribution in [-0.2, 0) is 10.1 Å². The van der Waals surface area contributed by atoms with Crippen molar-refractivity contribution >= 4 is 10.1 Å². The van der Waals surface area contributed by atoms with Gasteiger partial charge < -0.3 is 4.90 Å². The van der Waals surface area contributed by atoms with Gasteiger partial charge in [-0.15, -0.1) is 0 Å². The summed E-state index contributed by atoms with van der Waals surface area (Å²) in [6.45, 7) is 2.49. The van der Waals surface area contributed by atoms with Gasteiger partial charge in [0.05, 0.1) is 5.25 Å². The van der Waals surface area contributed by atoms with Crippen molar-refractivity contribution in [2.45, 2.75) is 31.4 Å². The van der Waals surface area contributed by atoms with E-state index in [4.69, 9.17) is 4.55 Å². The molecule has 1 N–H and O–H groups in total. The van der Waals surface area contributed by atoms with Crippen molar-refractivity contribution in [2.24, 2.45) is 0 Å². The first-order valence-corrected chi connectivity index (χ1v) is 5.95. The summed E-state index contributed by atoms with van der Waals surface area (Å²) >= 11 is 0. The van der Waals surface area contributed by atoms with Gasteiger partial charge in [-0.2, -0.15) is 8.42 Å². The van der Waals surface area contributed by atoms with E-state index in [0.717, 1.165) is 19.4 Å². The molecule has 0 saturated heterocycles. The molecule has 0 aliphatic carbocycles. The van der Waals surface area contributed by atoms with Gasteiger partial charge in [-0.05, 0) is 40.4 Å². The van der Waals surface area contributed by atoms with E-state index in [1.807, 2.05) is 14.1 Å². The lowest BCUT2D eigenvalue weighted by molar-refractivity contribution is 0.389. The summed E-state index contributed by atoms with van der Waals surface area (Å²) in [5, 5.41) is -0.630. The monoisotopic (exact) mass is 209 g/mol. The largest absolute Gasteiger partial charge is 0.309 e. The molecule has 0 radical (unpaired) electrons. The summed E-state index contributed by atoms with van der Waals surface area (Å²) in [6, 6.07) is 0. The van der Waals surface area contributed by atoms with Gasteiger partial charge in [-0.25, -0.2) is 0 Å². The van der Waals surface area contributed by atoms with Crippen LogP contribution in [0.3, 0.4) is 0 Å². The van der Waals surface area contributed by atoms with Gasteiger partial charge in [0, 0.05) is 0 Å². The number of rotatable bonds is 6. The first-order chi connectivity index (χ1) is 5.84. The van der Waals surface area contributed by atoms with E-state index < -0.39 is 15.4 Å². The highest BCUT2D eigenvalue weighted by Gasteiger charge is 2.15. The lowest BCUT2D eigenvalue weighted by atomic mass is 10.2. The molecule has 0 amide bonds. The van der Waals surface area contributed by atoms with Crippen LogP contribution < -0.4 is 0 Å². The third-order valence-electron chi connectivity index (χ3n) is 1.97. The van der Waals surface area contributed by atoms with Gasteiger partial charge in [0.1, 0.15) is 0 Å². The molecule has 0 rings (SSSR count). The van der Waals surface area contributed by atoms with Gasteiger partial charge in [0.15, 0.2) is 0 Å². The third kappa shape index (κ3) is 6.98. The average Bonchev–Trinajstić information content (AvgIpc) is 1.95. The topological polar surface area (TPSA) is 57.6 Å². The lowest BCUT2D eigenvalue weighted by Crippen LogP contribution is -2.17. The highest BCUT2D eigenvalue weighted by atomic mass is 32.2. The minimum atomic E-state index is -3.82. The molecule has 0 heterocycles. The Kier molecular flexibility index (Phi) is 5.51. The molecule has 0 aromatic rings. The SMILES string of the molecule is CC(CCCCN(C)C)S(=O)(=O)O. The van der Waals surface area contributed by atoms with E-state index in [9.17, 15) is 8.42 Å². The zero-order chi connectivity index (χ0) is 10.5. The minimum absolute atomic E-state index is 0.534. The molecule has 0 bridgehead atoms. The summed E-state index contributed by atoms with van der Waals surface area (Å²) in [5.41, 5.74) is 0. The Morgan fingerprint density at radius 1 is 1.31 bits per heavy atom. The van der Waals surface area contributed by atoms with Crippen molar-refractivity contribution in [2.75, 3.05) is 20.6 Å². The van der Waals surface area contributed by atoms with Crippen LogP contribution in [0.4, 0.5) is 0 Å². The van der Waals surface area contributed by atoms with Gasteiger partial charge in [0.25, 0.3) is 10.1 Å². The molecule has 1 atom stereocenters. The van der Waals surface area contributed by atoms with Gasteiger partial charge in [-0.3, -0.25) is 4.55 Å². The fraction of sp³-hybridized carbons (Fsp3) is 1.00. The number of hydrogen-bond acceptors (Lipinski definition) is 3. The fourth-order valence-corrected chi connectivity index (χ4v) is 1.47.